The van der Waals surface area contributed by atoms with E-state index in [1.807, 2.05) is 0 Å². The molecule has 12 atom stereocenters. The summed E-state index contributed by atoms with van der Waals surface area (Å²) in [7, 11) is 0. The van der Waals surface area contributed by atoms with Gasteiger partial charge >= 0.3 is 0 Å². The number of carbonyl (C=O) groups excluding carboxylic acids is 1. The van der Waals surface area contributed by atoms with Gasteiger partial charge < -0.3 is 65.1 Å². The van der Waals surface area contributed by atoms with Gasteiger partial charge in [-0.1, -0.05) is 261 Å². The first-order valence-corrected chi connectivity index (χ1v) is 33.0. The van der Waals surface area contributed by atoms with Gasteiger partial charge in [-0.3, -0.25) is 4.79 Å². The fourth-order valence-corrected chi connectivity index (χ4v) is 10.7. The molecule has 0 saturated carbocycles. The number of hydrogen-bond acceptors (Lipinski definition) is 13. The predicted molar refractivity (Wildman–Crippen MR) is 327 cm³/mol. The molecule has 2 heterocycles. The van der Waals surface area contributed by atoms with Gasteiger partial charge in [0.15, 0.2) is 12.6 Å². The quantitative estimate of drug-likeness (QED) is 0.0204. The van der Waals surface area contributed by atoms with Crippen LogP contribution in [0.4, 0.5) is 0 Å². The van der Waals surface area contributed by atoms with Gasteiger partial charge in [-0.15, -0.1) is 0 Å². The van der Waals surface area contributed by atoms with Crippen molar-refractivity contribution in [1.29, 1.82) is 0 Å². The van der Waals surface area contributed by atoms with Gasteiger partial charge in [-0.2, -0.15) is 0 Å². The SMILES string of the molecule is CC/C=C\C/C=C\C/C=C\C/C=C\C/C=C\CCCCCCCC(=O)NC(COC1OC(CO)C(OC2OC(CO)C(O)C(O)C2O)C(O)C1O)C(O)CCCCCCCCCCCCCCCCCCCCCCCCCCCC. The minimum atomic E-state index is -1.79. The minimum absolute atomic E-state index is 0.224. The number of nitrogens with one attached hydrogen (secondary N) is 1. The van der Waals surface area contributed by atoms with Crippen molar-refractivity contribution in [2.24, 2.45) is 0 Å². The summed E-state index contributed by atoms with van der Waals surface area (Å²) in [5.41, 5.74) is 0. The fourth-order valence-electron chi connectivity index (χ4n) is 10.7. The van der Waals surface area contributed by atoms with Crippen LogP contribution >= 0.6 is 0 Å². The first-order valence-electron chi connectivity index (χ1n) is 33.0. The zero-order valence-corrected chi connectivity index (χ0v) is 51.0. The predicted octanol–water partition coefficient (Wildman–Crippen LogP) is 12.5. The van der Waals surface area contributed by atoms with Crippen molar-refractivity contribution in [3.8, 4) is 0 Å². The fraction of sp³-hybridized carbons (Fsp3) is 0.836. The molecule has 81 heavy (non-hydrogen) atoms. The Morgan fingerprint density at radius 3 is 1.31 bits per heavy atom. The van der Waals surface area contributed by atoms with Crippen LogP contribution in [0.3, 0.4) is 0 Å². The summed E-state index contributed by atoms with van der Waals surface area (Å²) >= 11 is 0. The summed E-state index contributed by atoms with van der Waals surface area (Å²) in [5.74, 6) is -0.224. The number of carbonyl (C=O) groups is 1. The van der Waals surface area contributed by atoms with Crippen molar-refractivity contribution >= 4 is 5.91 Å². The number of ether oxygens (including phenoxy) is 4. The van der Waals surface area contributed by atoms with E-state index in [1.165, 1.54) is 141 Å². The van der Waals surface area contributed by atoms with Crippen molar-refractivity contribution in [2.75, 3.05) is 19.8 Å². The monoisotopic (exact) mass is 1150 g/mol. The topological polar surface area (TPSA) is 228 Å². The van der Waals surface area contributed by atoms with E-state index in [-0.39, 0.29) is 18.9 Å². The second-order valence-corrected chi connectivity index (χ2v) is 23.2. The summed E-state index contributed by atoms with van der Waals surface area (Å²) in [4.78, 5) is 13.3. The molecular formula is C67H121NO13. The van der Waals surface area contributed by atoms with Crippen LogP contribution in [0.25, 0.3) is 0 Å². The molecule has 0 aromatic heterocycles. The molecular weight excluding hydrogens is 1030 g/mol. The molecule has 2 rings (SSSR count). The Balaban J connectivity index is 1.71. The van der Waals surface area contributed by atoms with Crippen LogP contribution in [0.1, 0.15) is 264 Å². The van der Waals surface area contributed by atoms with Crippen molar-refractivity contribution in [3.63, 3.8) is 0 Å². The first kappa shape index (κ1) is 74.8. The number of amides is 1. The third-order valence-electron chi connectivity index (χ3n) is 16.0. The van der Waals surface area contributed by atoms with Gasteiger partial charge in [0.2, 0.25) is 5.91 Å². The van der Waals surface area contributed by atoms with Gasteiger partial charge in [0, 0.05) is 6.42 Å². The molecule has 0 bridgehead atoms. The zero-order valence-electron chi connectivity index (χ0n) is 51.0. The van der Waals surface area contributed by atoms with Crippen LogP contribution in [-0.4, -0.2) is 140 Å². The third-order valence-corrected chi connectivity index (χ3v) is 16.0. The molecule has 472 valence electrons. The van der Waals surface area contributed by atoms with Crippen LogP contribution in [-0.2, 0) is 23.7 Å². The Morgan fingerprint density at radius 2 is 0.852 bits per heavy atom. The van der Waals surface area contributed by atoms with Crippen molar-refractivity contribution in [3.05, 3.63) is 60.8 Å². The molecule has 0 aromatic rings. The maximum absolute atomic E-state index is 13.3. The molecule has 14 heteroatoms. The number of hydrogen-bond donors (Lipinski definition) is 9. The Kier molecular flexibility index (Phi) is 48.1. The number of aliphatic hydroxyl groups excluding tert-OH is 8. The standard InChI is InChI=1S/C67H121NO13/c1-3-5-7-9-11-13-15-17-19-21-23-25-26-27-28-29-31-32-34-36-38-40-42-44-46-48-50-56(71)55(54-78-66-64(77)62(75)65(58(53-70)80-66)81-67-63(76)61(74)60(73)57(52-69)79-67)68-59(72)51-49-47-45-43-41-39-37-35-33-30-24-22-20-18-16-14-12-10-8-6-4-2/h6,8,12,14,18,20,24,30,35,37,55-58,60-67,69-71,73-77H,3-5,7,9-11,13,15-17,19,21-23,25-29,31-34,36,38-54H2,1-2H3,(H,68,72)/b8-6-,14-12-,20-18-,30-24-,37-35-. The molecule has 0 aliphatic carbocycles. The molecule has 2 aliphatic heterocycles. The van der Waals surface area contributed by atoms with Gasteiger partial charge in [0.1, 0.15) is 48.8 Å². The number of aliphatic hydroxyl groups is 8. The highest BCUT2D eigenvalue weighted by Gasteiger charge is 2.51. The summed E-state index contributed by atoms with van der Waals surface area (Å²) < 4.78 is 22.9. The first-order chi connectivity index (χ1) is 39.6. The highest BCUT2D eigenvalue weighted by atomic mass is 16.7. The molecule has 12 unspecified atom stereocenters. The Morgan fingerprint density at radius 1 is 0.457 bits per heavy atom. The van der Waals surface area contributed by atoms with Crippen molar-refractivity contribution in [1.82, 2.24) is 5.32 Å². The molecule has 0 spiro atoms. The highest BCUT2D eigenvalue weighted by molar-refractivity contribution is 5.76. The maximum atomic E-state index is 13.3. The van der Waals surface area contributed by atoms with E-state index < -0.39 is 86.8 Å². The van der Waals surface area contributed by atoms with Gasteiger partial charge in [0.05, 0.1) is 32.0 Å². The minimum Gasteiger partial charge on any atom is -0.394 e. The van der Waals surface area contributed by atoms with Gasteiger partial charge in [-0.05, 0) is 57.8 Å². The zero-order chi connectivity index (χ0) is 58.8. The van der Waals surface area contributed by atoms with Gasteiger partial charge in [-0.25, -0.2) is 0 Å². The maximum Gasteiger partial charge on any atom is 0.220 e. The van der Waals surface area contributed by atoms with E-state index in [0.717, 1.165) is 89.9 Å². The van der Waals surface area contributed by atoms with E-state index in [4.69, 9.17) is 18.9 Å². The summed E-state index contributed by atoms with van der Waals surface area (Å²) in [5, 5.41) is 87.5. The Bertz CT molecular complexity index is 1590. The van der Waals surface area contributed by atoms with Crippen LogP contribution in [0.5, 0.6) is 0 Å². The second-order valence-electron chi connectivity index (χ2n) is 23.2. The Hall–Kier alpha value is -2.31. The average Bonchev–Trinajstić information content (AvgIpc) is 3.47. The van der Waals surface area contributed by atoms with E-state index in [9.17, 15) is 45.6 Å². The lowest BCUT2D eigenvalue weighted by Crippen LogP contribution is -2.65. The van der Waals surface area contributed by atoms with E-state index in [1.54, 1.807) is 0 Å². The number of rotatable bonds is 53. The largest absolute Gasteiger partial charge is 0.394 e. The molecule has 1 amide bonds. The summed E-state index contributed by atoms with van der Waals surface area (Å²) in [6.45, 7) is 2.76. The lowest BCUT2D eigenvalue weighted by Gasteiger charge is -2.46. The lowest BCUT2D eigenvalue weighted by atomic mass is 9.97. The normalized spacial score (nSPS) is 24.5. The van der Waals surface area contributed by atoms with Crippen molar-refractivity contribution in [2.45, 2.75) is 338 Å². The molecule has 14 nitrogen and oxygen atoms in total. The van der Waals surface area contributed by atoms with Crippen LogP contribution < -0.4 is 5.32 Å². The summed E-state index contributed by atoms with van der Waals surface area (Å²) in [6, 6.07) is -0.844. The molecule has 0 radical (unpaired) electrons. The van der Waals surface area contributed by atoms with Gasteiger partial charge in [0.25, 0.3) is 0 Å². The Labute approximate surface area is 492 Å². The number of unbranched alkanes of at least 4 members (excludes halogenated alkanes) is 30. The molecule has 0 aromatic carbocycles. The smallest absolute Gasteiger partial charge is 0.220 e. The van der Waals surface area contributed by atoms with Crippen LogP contribution in [0, 0.1) is 0 Å². The van der Waals surface area contributed by atoms with E-state index >= 15 is 0 Å². The second kappa shape index (κ2) is 52.1. The van der Waals surface area contributed by atoms with Crippen molar-refractivity contribution < 1.29 is 64.6 Å². The van der Waals surface area contributed by atoms with E-state index in [2.05, 4.69) is 79.9 Å². The molecule has 9 N–H and O–H groups in total. The van der Waals surface area contributed by atoms with E-state index in [0.29, 0.717) is 12.8 Å². The summed E-state index contributed by atoms with van der Waals surface area (Å²) in [6.07, 6.45) is 50.8. The third kappa shape index (κ3) is 37.0. The lowest BCUT2D eigenvalue weighted by molar-refractivity contribution is -0.359. The van der Waals surface area contributed by atoms with Crippen LogP contribution in [0.15, 0.2) is 60.8 Å². The average molecular weight is 1150 g/mol. The molecule has 2 saturated heterocycles. The van der Waals surface area contributed by atoms with Crippen LogP contribution in [0.2, 0.25) is 0 Å². The molecule has 2 fully saturated rings. The number of allylic oxidation sites excluding steroid dienone is 10. The molecule has 2 aliphatic rings. The highest BCUT2D eigenvalue weighted by Crippen LogP contribution is 2.30.